The van der Waals surface area contributed by atoms with Gasteiger partial charge >= 0.3 is 0 Å². The number of carbonyl (C=O) groups is 9. The van der Waals surface area contributed by atoms with Crippen LogP contribution in [0.3, 0.4) is 0 Å². The molecule has 1 fully saturated rings. The third kappa shape index (κ3) is 20.5. The first-order chi connectivity index (χ1) is 38.5. The van der Waals surface area contributed by atoms with Gasteiger partial charge in [-0.05, 0) is 61.5 Å². The molecule has 5 rings (SSSR count). The lowest BCUT2D eigenvalue weighted by molar-refractivity contribution is -0.136. The number of rotatable bonds is 19. The van der Waals surface area contributed by atoms with E-state index in [9.17, 15) is 43.2 Å². The van der Waals surface area contributed by atoms with Gasteiger partial charge in [-0.1, -0.05) is 84.9 Å². The van der Waals surface area contributed by atoms with Crippen molar-refractivity contribution >= 4 is 97.6 Å². The molecular formula is C52H76N18O9S2. The predicted molar refractivity (Wildman–Crippen MR) is 308 cm³/mol. The summed E-state index contributed by atoms with van der Waals surface area (Å²) < 4.78 is 0. The Morgan fingerprint density at radius 2 is 1.40 bits per heavy atom. The van der Waals surface area contributed by atoms with Crippen LogP contribution in [0.25, 0.3) is 10.9 Å². The van der Waals surface area contributed by atoms with E-state index in [1.165, 1.54) is 19.4 Å². The van der Waals surface area contributed by atoms with Crippen molar-refractivity contribution in [1.29, 1.82) is 10.8 Å². The number of primary amides is 1. The van der Waals surface area contributed by atoms with Crippen molar-refractivity contribution in [3.8, 4) is 0 Å². The number of fused-ring (bicyclic) bond motifs is 1. The number of guanidine groups is 2. The van der Waals surface area contributed by atoms with E-state index >= 15 is 0 Å². The van der Waals surface area contributed by atoms with Gasteiger partial charge < -0.3 is 80.3 Å². The van der Waals surface area contributed by atoms with Gasteiger partial charge in [0.15, 0.2) is 11.9 Å². The van der Waals surface area contributed by atoms with E-state index in [1.807, 2.05) is 49.4 Å². The number of hydrogen-bond donors (Lipinski definition) is 17. The van der Waals surface area contributed by atoms with Gasteiger partial charge in [-0.25, -0.2) is 4.98 Å². The molecule has 1 unspecified atom stereocenters. The molecule has 440 valence electrons. The minimum atomic E-state index is -1.41. The summed E-state index contributed by atoms with van der Waals surface area (Å²) >= 11 is 0. The van der Waals surface area contributed by atoms with Gasteiger partial charge in [-0.2, -0.15) is 0 Å². The molecule has 9 amide bonds. The molecule has 3 aromatic rings. The zero-order valence-corrected chi connectivity index (χ0v) is 47.3. The number of imidazole rings is 1. The Labute approximate surface area is 476 Å². The number of carbonyl (C=O) groups excluding carboxylic acids is 9. The molecule has 9 atom stereocenters. The summed E-state index contributed by atoms with van der Waals surface area (Å²) in [5, 5.41) is 43.1. The van der Waals surface area contributed by atoms with Crippen LogP contribution in [0, 0.1) is 22.2 Å². The lowest BCUT2D eigenvalue weighted by Gasteiger charge is -2.33. The summed E-state index contributed by atoms with van der Waals surface area (Å²) in [6.07, 6.45) is 12.7. The second kappa shape index (κ2) is 31.1. The van der Waals surface area contributed by atoms with Gasteiger partial charge in [0.2, 0.25) is 53.2 Å². The normalized spacial score (nSPS) is 24.0. The predicted octanol–water partition coefficient (Wildman–Crippen LogP) is -1.45. The molecule has 3 heterocycles. The highest BCUT2D eigenvalue weighted by Crippen LogP contribution is 2.33. The Balaban J connectivity index is 1.58. The standard InChI is InChI=1S/C52H76N18O9S2/c1-28(2)41-49(79)66-37(21-31-24-58-27-62-31)46(76)67-38(22-52(4)16-8-5-9-17-52)47(77)64-35(15-11-19-60-51(56)57)44(74)65-36(20-30-23-61-33-13-7-6-12-32(30)33)45(75)68-39(42(53)72)25-80-81-26-40(48(78)70-41)69-43(73)34(63-29(3)71)14-10-18-59-50(54)55/h5-9,12-13,16,23-24,27-28,34-41,61H,10-11,14-15,17-22,25-26H2,1-4H3,(H2,53,72)(H,58,62)(H,63,71)(H,64,77)(H,65,74)(H,66,79)(H,67,76)(H,68,75)(H,69,73)(H,70,78)(H4,54,55,59)(H4,56,57,60)/t34-,35-,36-,37-,38+,39-,40-,41+,52?/m0/s1. The van der Waals surface area contributed by atoms with Crippen molar-refractivity contribution in [3.63, 3.8) is 0 Å². The molecule has 0 bridgehead atoms. The highest BCUT2D eigenvalue weighted by Gasteiger charge is 2.38. The summed E-state index contributed by atoms with van der Waals surface area (Å²) in [4.78, 5) is 138. The molecule has 1 aromatic carbocycles. The first-order valence-corrected chi connectivity index (χ1v) is 29.0. The van der Waals surface area contributed by atoms with E-state index in [1.54, 1.807) is 26.1 Å². The van der Waals surface area contributed by atoms with Crippen molar-refractivity contribution in [3.05, 3.63) is 78.5 Å². The number of nitrogens with one attached hydrogen (secondary N) is 14. The van der Waals surface area contributed by atoms with E-state index in [0.717, 1.165) is 32.5 Å². The summed E-state index contributed by atoms with van der Waals surface area (Å²) in [7, 11) is 2.03. The number of amides is 9. The summed E-state index contributed by atoms with van der Waals surface area (Å²) in [6, 6.07) is -3.51. The fourth-order valence-corrected chi connectivity index (χ4v) is 11.4. The third-order valence-electron chi connectivity index (χ3n) is 13.4. The van der Waals surface area contributed by atoms with Crippen LogP contribution in [0.1, 0.15) is 77.5 Å². The van der Waals surface area contributed by atoms with Crippen LogP contribution in [0.2, 0.25) is 0 Å². The minimum absolute atomic E-state index is 0.000716. The lowest BCUT2D eigenvalue weighted by atomic mass is 9.78. The third-order valence-corrected chi connectivity index (χ3v) is 15.8. The van der Waals surface area contributed by atoms with Crippen LogP contribution < -0.4 is 70.4 Å². The Morgan fingerprint density at radius 1 is 0.765 bits per heavy atom. The molecule has 2 aromatic heterocycles. The number of hydrogen-bond acceptors (Lipinski definition) is 14. The largest absolute Gasteiger partial charge is 0.370 e. The van der Waals surface area contributed by atoms with E-state index in [0.29, 0.717) is 17.7 Å². The van der Waals surface area contributed by atoms with Crippen LogP contribution >= 0.6 is 21.6 Å². The van der Waals surface area contributed by atoms with Crippen LogP contribution in [0.5, 0.6) is 0 Å². The van der Waals surface area contributed by atoms with Crippen molar-refractivity contribution in [2.24, 2.45) is 28.5 Å². The van der Waals surface area contributed by atoms with Gasteiger partial charge in [0.05, 0.1) is 12.0 Å². The second-order valence-electron chi connectivity index (χ2n) is 20.5. The summed E-state index contributed by atoms with van der Waals surface area (Å²) in [5.41, 5.74) is 17.9. The van der Waals surface area contributed by atoms with Crippen molar-refractivity contribution in [1.82, 2.24) is 68.1 Å². The number of H-pyrrole nitrogens is 2. The molecular weight excluding hydrogens is 1080 g/mol. The number of nitrogens with two attached hydrogens (primary N) is 3. The second-order valence-corrected chi connectivity index (χ2v) is 23.0. The molecule has 20 N–H and O–H groups in total. The molecule has 0 radical (unpaired) electrons. The van der Waals surface area contributed by atoms with Gasteiger partial charge in [-0.15, -0.1) is 0 Å². The molecule has 1 aliphatic heterocycles. The number of para-hydroxylation sites is 1. The van der Waals surface area contributed by atoms with Crippen LogP contribution in [-0.4, -0.2) is 153 Å². The molecule has 29 heteroatoms. The van der Waals surface area contributed by atoms with E-state index in [4.69, 9.17) is 28.0 Å². The fourth-order valence-electron chi connectivity index (χ4n) is 9.01. The van der Waals surface area contributed by atoms with Gasteiger partial charge in [0.25, 0.3) is 0 Å². The van der Waals surface area contributed by atoms with Crippen LogP contribution in [0.15, 0.2) is 67.3 Å². The maximum absolute atomic E-state index is 14.9. The number of aromatic nitrogens is 3. The van der Waals surface area contributed by atoms with Crippen LogP contribution in [0.4, 0.5) is 0 Å². The molecule has 0 spiro atoms. The Bertz CT molecular complexity index is 2790. The number of aromatic amines is 2. The van der Waals surface area contributed by atoms with Crippen molar-refractivity contribution in [2.45, 2.75) is 127 Å². The summed E-state index contributed by atoms with van der Waals surface area (Å²) in [6.45, 7) is 6.72. The topological polar surface area (TPSA) is 444 Å². The van der Waals surface area contributed by atoms with Crippen molar-refractivity contribution < 1.29 is 43.2 Å². The summed E-state index contributed by atoms with van der Waals surface area (Å²) in [5.74, 6) is -8.73. The van der Waals surface area contributed by atoms with E-state index < -0.39 is 113 Å². The average Bonchev–Trinajstić information content (AvgIpc) is 4.15. The maximum atomic E-state index is 14.9. The number of benzene rings is 1. The first-order valence-electron chi connectivity index (χ1n) is 26.5. The van der Waals surface area contributed by atoms with E-state index in [-0.39, 0.29) is 81.5 Å². The molecule has 81 heavy (non-hydrogen) atoms. The average molecular weight is 1160 g/mol. The smallest absolute Gasteiger partial charge is 0.244 e. The molecule has 27 nitrogen and oxygen atoms in total. The Hall–Kier alpha value is -8.08. The zero-order valence-electron chi connectivity index (χ0n) is 45.7. The van der Waals surface area contributed by atoms with Crippen LogP contribution in [-0.2, 0) is 56.0 Å². The van der Waals surface area contributed by atoms with Crippen molar-refractivity contribution in [2.75, 3.05) is 24.6 Å². The fraction of sp³-hybridized carbons (Fsp3) is 0.500. The maximum Gasteiger partial charge on any atom is 0.244 e. The van der Waals surface area contributed by atoms with E-state index in [2.05, 4.69) is 68.1 Å². The molecule has 0 saturated carbocycles. The quantitative estimate of drug-likeness (QED) is 0.0283. The molecule has 1 aliphatic carbocycles. The van der Waals surface area contributed by atoms with Gasteiger partial charge in [0.1, 0.15) is 48.3 Å². The highest BCUT2D eigenvalue weighted by atomic mass is 33.1. The Kier molecular flexibility index (Phi) is 24.4. The lowest BCUT2D eigenvalue weighted by Crippen LogP contribution is -2.61. The first kappa shape index (κ1) is 63.7. The number of allylic oxidation sites excluding steroid dienone is 4. The van der Waals surface area contributed by atoms with Gasteiger partial charge in [0, 0.05) is 67.7 Å². The SMILES string of the molecule is CC(=O)N[C@@H](CCCNC(=N)N)C(=O)N[C@H]1CSSC[C@@H](C(N)=O)NC(=O)[C@H](Cc2c[nH]c3ccccc23)NC(=O)[C@H](CCCNC(=N)N)NC(=O)[C@@H](CC2(C)C=CC=CC2)NC(=O)[C@H](Cc2c[nH]cn2)NC(=O)[C@@H](C(C)C)NC1=O. The monoisotopic (exact) mass is 1160 g/mol. The molecule has 2 aliphatic rings. The zero-order chi connectivity index (χ0) is 59.2. The van der Waals surface area contributed by atoms with Gasteiger partial charge in [-0.3, -0.25) is 54.0 Å². The molecule has 1 saturated heterocycles. The minimum Gasteiger partial charge on any atom is -0.370 e. The highest BCUT2D eigenvalue weighted by molar-refractivity contribution is 8.76. The Morgan fingerprint density at radius 3 is 2.05 bits per heavy atom. The number of nitrogens with zero attached hydrogens (tertiary/aromatic N) is 1.